The molecule has 122 valence electrons. The first-order chi connectivity index (χ1) is 10.7. The first-order valence-corrected chi connectivity index (χ1v) is 8.99. The van der Waals surface area contributed by atoms with Crippen molar-refractivity contribution in [1.29, 1.82) is 0 Å². The predicted octanol–water partition coefficient (Wildman–Crippen LogP) is 6.03. The number of halogens is 1. The maximum absolute atomic E-state index is 13.0. The van der Waals surface area contributed by atoms with E-state index in [2.05, 4.69) is 6.92 Å². The van der Waals surface area contributed by atoms with Gasteiger partial charge in [-0.1, -0.05) is 44.7 Å². The topological polar surface area (TPSA) is 17.1 Å². The van der Waals surface area contributed by atoms with E-state index in [0.717, 1.165) is 38.5 Å². The van der Waals surface area contributed by atoms with E-state index in [4.69, 9.17) is 0 Å². The molecular weight excluding hydrogens is 275 g/mol. The molecule has 1 saturated carbocycles. The van der Waals surface area contributed by atoms with Crippen molar-refractivity contribution in [3.05, 3.63) is 35.6 Å². The minimum absolute atomic E-state index is 0.171. The van der Waals surface area contributed by atoms with Gasteiger partial charge in [0.15, 0.2) is 0 Å². The summed E-state index contributed by atoms with van der Waals surface area (Å²) in [5, 5.41) is 0. The van der Waals surface area contributed by atoms with Gasteiger partial charge in [0.05, 0.1) is 0 Å². The van der Waals surface area contributed by atoms with Gasteiger partial charge in [0, 0.05) is 12.3 Å². The summed E-state index contributed by atoms with van der Waals surface area (Å²) < 4.78 is 13.0. The zero-order valence-electron chi connectivity index (χ0n) is 13.8. The van der Waals surface area contributed by atoms with Crippen molar-refractivity contribution < 1.29 is 9.18 Å². The number of rotatable bonds is 8. The molecule has 2 rings (SSSR count). The molecule has 1 aromatic carbocycles. The lowest BCUT2D eigenvalue weighted by atomic mass is 9.76. The van der Waals surface area contributed by atoms with Gasteiger partial charge in [-0.25, -0.2) is 4.39 Å². The Hall–Kier alpha value is -1.18. The Morgan fingerprint density at radius 1 is 1.00 bits per heavy atom. The van der Waals surface area contributed by atoms with Crippen LogP contribution in [0.25, 0.3) is 0 Å². The number of hydrogen-bond donors (Lipinski definition) is 0. The molecule has 0 aromatic heterocycles. The van der Waals surface area contributed by atoms with E-state index >= 15 is 0 Å². The van der Waals surface area contributed by atoms with Gasteiger partial charge in [0.2, 0.25) is 0 Å². The van der Waals surface area contributed by atoms with Crippen LogP contribution >= 0.6 is 0 Å². The molecule has 22 heavy (non-hydrogen) atoms. The highest BCUT2D eigenvalue weighted by Crippen LogP contribution is 2.36. The Morgan fingerprint density at radius 2 is 1.64 bits per heavy atom. The van der Waals surface area contributed by atoms with Crippen LogP contribution in [0, 0.1) is 11.7 Å². The van der Waals surface area contributed by atoms with Crippen LogP contribution in [0.1, 0.15) is 82.6 Å². The van der Waals surface area contributed by atoms with E-state index in [9.17, 15) is 9.18 Å². The molecule has 0 spiro atoms. The third kappa shape index (κ3) is 5.23. The predicted molar refractivity (Wildman–Crippen MR) is 89.5 cm³/mol. The minimum atomic E-state index is -0.171. The Morgan fingerprint density at radius 3 is 2.27 bits per heavy atom. The van der Waals surface area contributed by atoms with Crippen molar-refractivity contribution in [3.63, 3.8) is 0 Å². The van der Waals surface area contributed by atoms with Gasteiger partial charge >= 0.3 is 0 Å². The fourth-order valence-corrected chi connectivity index (χ4v) is 3.59. The molecule has 1 aliphatic carbocycles. The van der Waals surface area contributed by atoms with Crippen molar-refractivity contribution in [2.45, 2.75) is 77.0 Å². The summed E-state index contributed by atoms with van der Waals surface area (Å²) in [6, 6.07) is 6.89. The maximum atomic E-state index is 13.0. The lowest BCUT2D eigenvalue weighted by Gasteiger charge is -2.28. The molecule has 0 unspecified atom stereocenters. The molecule has 0 radical (unpaired) electrons. The van der Waals surface area contributed by atoms with E-state index in [1.165, 1.54) is 31.2 Å². The van der Waals surface area contributed by atoms with Crippen LogP contribution in [0.2, 0.25) is 0 Å². The highest BCUT2D eigenvalue weighted by Gasteiger charge is 2.26. The molecule has 1 aliphatic rings. The van der Waals surface area contributed by atoms with Gasteiger partial charge in [-0.3, -0.25) is 4.79 Å². The molecule has 0 heterocycles. The summed E-state index contributed by atoms with van der Waals surface area (Å²) in [6.07, 6.45) is 11.0. The molecule has 0 saturated heterocycles. The van der Waals surface area contributed by atoms with Crippen LogP contribution < -0.4 is 0 Å². The third-order valence-electron chi connectivity index (χ3n) is 5.05. The molecule has 1 fully saturated rings. The van der Waals surface area contributed by atoms with Gasteiger partial charge in [-0.05, 0) is 55.7 Å². The van der Waals surface area contributed by atoms with Gasteiger partial charge in [0.25, 0.3) is 0 Å². The average Bonchev–Trinajstić information content (AvgIpc) is 2.55. The zero-order valence-corrected chi connectivity index (χ0v) is 13.8. The average molecular weight is 304 g/mol. The number of carbonyl (C=O) groups excluding carboxylic acids is 1. The minimum Gasteiger partial charge on any atom is -0.299 e. The molecule has 0 amide bonds. The monoisotopic (exact) mass is 304 g/mol. The Kier molecular flexibility index (Phi) is 7.08. The van der Waals surface area contributed by atoms with Crippen LogP contribution in [-0.2, 0) is 4.79 Å². The van der Waals surface area contributed by atoms with E-state index in [0.29, 0.717) is 11.7 Å². The molecular formula is C20H29FO. The van der Waals surface area contributed by atoms with Gasteiger partial charge in [0.1, 0.15) is 11.6 Å². The van der Waals surface area contributed by atoms with Crippen molar-refractivity contribution in [2.75, 3.05) is 0 Å². The summed E-state index contributed by atoms with van der Waals surface area (Å²) in [7, 11) is 0. The van der Waals surface area contributed by atoms with Crippen molar-refractivity contribution in [1.82, 2.24) is 0 Å². The van der Waals surface area contributed by atoms with E-state index in [-0.39, 0.29) is 11.7 Å². The van der Waals surface area contributed by atoms with Crippen LogP contribution in [0.5, 0.6) is 0 Å². The maximum Gasteiger partial charge on any atom is 0.135 e. The second-order valence-corrected chi connectivity index (χ2v) is 6.73. The molecule has 1 aromatic rings. The normalized spacial score (nSPS) is 21.7. The zero-order chi connectivity index (χ0) is 15.8. The second-order valence-electron chi connectivity index (χ2n) is 6.73. The number of unbranched alkanes of at least 4 members (excludes halogenated alkanes) is 4. The Labute approximate surface area is 134 Å². The van der Waals surface area contributed by atoms with Crippen LogP contribution in [-0.4, -0.2) is 5.78 Å². The largest absolute Gasteiger partial charge is 0.299 e. The molecule has 0 aliphatic heterocycles. The fourth-order valence-electron chi connectivity index (χ4n) is 3.59. The smallest absolute Gasteiger partial charge is 0.135 e. The van der Waals surface area contributed by atoms with Gasteiger partial charge < -0.3 is 0 Å². The summed E-state index contributed by atoms with van der Waals surface area (Å²) >= 11 is 0. The Bertz CT molecular complexity index is 443. The van der Waals surface area contributed by atoms with Crippen molar-refractivity contribution in [2.24, 2.45) is 5.92 Å². The van der Waals surface area contributed by atoms with Gasteiger partial charge in [-0.15, -0.1) is 0 Å². The first-order valence-electron chi connectivity index (χ1n) is 8.99. The van der Waals surface area contributed by atoms with Crippen LogP contribution in [0.4, 0.5) is 4.39 Å². The lowest BCUT2D eigenvalue weighted by molar-refractivity contribution is -0.124. The van der Waals surface area contributed by atoms with Gasteiger partial charge in [-0.2, -0.15) is 0 Å². The fraction of sp³-hybridized carbons (Fsp3) is 0.650. The Balaban J connectivity index is 1.70. The number of carbonyl (C=O) groups is 1. The SMILES string of the molecule is CCCCCCCC(=O)C1CCC(c2ccc(F)cc2)CC1. The molecule has 0 bridgehead atoms. The molecule has 2 heteroatoms. The number of Topliss-reactive ketones (excluding diaryl/α,β-unsaturated/α-hetero) is 1. The van der Waals surface area contributed by atoms with Crippen molar-refractivity contribution >= 4 is 5.78 Å². The van der Waals surface area contributed by atoms with E-state index < -0.39 is 0 Å². The second kappa shape index (κ2) is 9.07. The number of ketones is 1. The molecule has 1 nitrogen and oxygen atoms in total. The van der Waals surface area contributed by atoms with Crippen LogP contribution in [0.3, 0.4) is 0 Å². The molecule has 0 atom stereocenters. The summed E-state index contributed by atoms with van der Waals surface area (Å²) in [5.74, 6) is 1.10. The summed E-state index contributed by atoms with van der Waals surface area (Å²) in [6.45, 7) is 2.21. The van der Waals surface area contributed by atoms with E-state index in [1.54, 1.807) is 12.1 Å². The highest BCUT2D eigenvalue weighted by atomic mass is 19.1. The standard InChI is InChI=1S/C20H29FO/c1-2-3-4-5-6-7-20(22)18-10-8-16(9-11-18)17-12-14-19(21)15-13-17/h12-16,18H,2-11H2,1H3. The van der Waals surface area contributed by atoms with E-state index in [1.807, 2.05) is 12.1 Å². The number of hydrogen-bond acceptors (Lipinski definition) is 1. The summed E-state index contributed by atoms with van der Waals surface area (Å²) in [5.41, 5.74) is 1.23. The third-order valence-corrected chi connectivity index (χ3v) is 5.05. The summed E-state index contributed by atoms with van der Waals surface area (Å²) in [4.78, 5) is 12.3. The lowest BCUT2D eigenvalue weighted by Crippen LogP contribution is -2.21. The highest BCUT2D eigenvalue weighted by molar-refractivity contribution is 5.81. The van der Waals surface area contributed by atoms with Crippen molar-refractivity contribution in [3.8, 4) is 0 Å². The quantitative estimate of drug-likeness (QED) is 0.536. The van der Waals surface area contributed by atoms with Crippen LogP contribution in [0.15, 0.2) is 24.3 Å². The number of benzene rings is 1. The molecule has 0 N–H and O–H groups in total. The first kappa shape index (κ1) is 17.2.